The second-order valence-electron chi connectivity index (χ2n) is 7.23. The van der Waals surface area contributed by atoms with E-state index in [1.165, 1.54) is 32.7 Å². The number of aromatic nitrogens is 4. The predicted molar refractivity (Wildman–Crippen MR) is 123 cm³/mol. The van der Waals surface area contributed by atoms with Crippen LogP contribution in [0.4, 0.5) is 0 Å². The van der Waals surface area contributed by atoms with Gasteiger partial charge in [0.2, 0.25) is 11.1 Å². The lowest BCUT2D eigenvalue weighted by Gasteiger charge is -2.49. The fourth-order valence-electron chi connectivity index (χ4n) is 3.38. The van der Waals surface area contributed by atoms with Crippen LogP contribution in [0.5, 0.6) is 0 Å². The van der Waals surface area contributed by atoms with Crippen molar-refractivity contribution < 1.29 is 32.5 Å². The molecule has 0 aromatic carbocycles. The van der Waals surface area contributed by atoms with Gasteiger partial charge in [0.15, 0.2) is 0 Å². The number of aliphatic carboxylic acids is 1. The van der Waals surface area contributed by atoms with Crippen LogP contribution < -0.4 is 5.32 Å². The molecule has 13 nitrogen and oxygen atoms in total. The van der Waals surface area contributed by atoms with Gasteiger partial charge in [-0.05, 0) is 27.4 Å². The van der Waals surface area contributed by atoms with Gasteiger partial charge in [0.05, 0.1) is 18.7 Å². The van der Waals surface area contributed by atoms with Crippen molar-refractivity contribution in [3.05, 3.63) is 33.7 Å². The van der Waals surface area contributed by atoms with Gasteiger partial charge in [-0.25, -0.2) is 9.48 Å². The smallest absolute Gasteiger partial charge is 0.352 e. The molecule has 34 heavy (non-hydrogen) atoms. The van der Waals surface area contributed by atoms with E-state index < -0.39 is 39.2 Å². The quantitative estimate of drug-likeness (QED) is 0.201. The van der Waals surface area contributed by atoms with Crippen LogP contribution >= 0.6 is 34.9 Å². The van der Waals surface area contributed by atoms with Gasteiger partial charge in [-0.1, -0.05) is 17.8 Å². The summed E-state index contributed by atoms with van der Waals surface area (Å²) in [5.41, 5.74) is 0.335. The van der Waals surface area contributed by atoms with E-state index in [0.29, 0.717) is 11.3 Å². The lowest BCUT2D eigenvalue weighted by Crippen LogP contribution is -2.70. The summed E-state index contributed by atoms with van der Waals surface area (Å²) in [5.74, 6) is -2.17. The maximum Gasteiger partial charge on any atom is 0.352 e. The maximum absolute atomic E-state index is 12.7. The fourth-order valence-corrected chi connectivity index (χ4v) is 6.88. The topological polar surface area (TPSA) is 185 Å². The van der Waals surface area contributed by atoms with Crippen LogP contribution in [-0.2, 0) is 37.5 Å². The van der Waals surface area contributed by atoms with E-state index in [-0.39, 0.29) is 35.5 Å². The molecule has 0 bridgehead atoms. The Morgan fingerprint density at radius 3 is 2.82 bits per heavy atom. The lowest BCUT2D eigenvalue weighted by atomic mass is 10.0. The number of nitrogens with zero attached hydrogens (tertiary/aromatic N) is 5. The van der Waals surface area contributed by atoms with Gasteiger partial charge in [-0.15, -0.1) is 28.2 Å². The van der Waals surface area contributed by atoms with E-state index >= 15 is 0 Å². The van der Waals surface area contributed by atoms with Crippen LogP contribution in [0.25, 0.3) is 0 Å². The molecular weight excluding hydrogens is 528 g/mol. The van der Waals surface area contributed by atoms with E-state index in [1.54, 1.807) is 0 Å². The number of thioether (sulfide) groups is 2. The van der Waals surface area contributed by atoms with Crippen LogP contribution in [-0.4, -0.2) is 89.6 Å². The van der Waals surface area contributed by atoms with Crippen molar-refractivity contribution in [1.82, 2.24) is 30.4 Å². The number of β-lactam (4-membered cyclic amide) rings is 1. The molecule has 2 aromatic heterocycles. The summed E-state index contributed by atoms with van der Waals surface area (Å²) in [5, 5.41) is 25.0. The van der Waals surface area contributed by atoms with E-state index in [9.17, 15) is 27.9 Å². The van der Waals surface area contributed by atoms with Crippen molar-refractivity contribution >= 4 is 62.8 Å². The SMILES string of the molecule is O=C(Cc1cccs1)NC1C(=O)N2C(C(=O)O)=C(CSc3nnnn3CCS(=O)(=O)O)CS[C@H]12. The molecular formula is C17H18N6O7S4. The molecule has 0 aliphatic carbocycles. The zero-order valence-corrected chi connectivity index (χ0v) is 20.5. The Labute approximate surface area is 205 Å². The molecule has 4 heterocycles. The van der Waals surface area contributed by atoms with Gasteiger partial charge in [-0.3, -0.25) is 19.0 Å². The molecule has 182 valence electrons. The van der Waals surface area contributed by atoms with Crippen LogP contribution in [0, 0.1) is 0 Å². The second kappa shape index (κ2) is 10.0. The maximum atomic E-state index is 12.7. The van der Waals surface area contributed by atoms with Crippen molar-refractivity contribution in [2.75, 3.05) is 17.3 Å². The Morgan fingerprint density at radius 1 is 1.35 bits per heavy atom. The molecule has 3 N–H and O–H groups in total. The number of rotatable bonds is 10. The number of carboxylic acids is 1. The first-order valence-corrected chi connectivity index (χ1v) is 14.2. The minimum atomic E-state index is -4.20. The number of carbonyl (C=O) groups is 3. The van der Waals surface area contributed by atoms with Crippen molar-refractivity contribution in [3.63, 3.8) is 0 Å². The number of fused-ring (bicyclic) bond motifs is 1. The fraction of sp³-hybridized carbons (Fsp3) is 0.412. The normalized spacial score (nSPS) is 20.1. The second-order valence-corrected chi connectivity index (χ2v) is 11.9. The Kier molecular flexibility index (Phi) is 7.27. The summed E-state index contributed by atoms with van der Waals surface area (Å²) in [6, 6.07) is 2.86. The average Bonchev–Trinajstić information content (AvgIpc) is 3.45. The first kappa shape index (κ1) is 24.6. The van der Waals surface area contributed by atoms with Crippen LogP contribution in [0.3, 0.4) is 0 Å². The van der Waals surface area contributed by atoms with Crippen LogP contribution in [0.2, 0.25) is 0 Å². The molecule has 2 amide bonds. The molecule has 17 heteroatoms. The van der Waals surface area contributed by atoms with E-state index in [4.69, 9.17) is 4.55 Å². The third-order valence-corrected chi connectivity index (χ3v) is 8.87. The molecule has 1 saturated heterocycles. The van der Waals surface area contributed by atoms with Gasteiger partial charge in [0.25, 0.3) is 16.0 Å². The first-order valence-electron chi connectivity index (χ1n) is 9.70. The Hall–Kier alpha value is -2.47. The third kappa shape index (κ3) is 5.43. The summed E-state index contributed by atoms with van der Waals surface area (Å²) in [6.45, 7) is -0.173. The number of hydrogen-bond acceptors (Lipinski definition) is 11. The number of thiophene rings is 1. The molecule has 4 rings (SSSR count). The number of tetrazole rings is 1. The van der Waals surface area contributed by atoms with Gasteiger partial charge >= 0.3 is 5.97 Å². The number of hydrogen-bond donors (Lipinski definition) is 3. The highest BCUT2D eigenvalue weighted by Gasteiger charge is 2.54. The summed E-state index contributed by atoms with van der Waals surface area (Å²) in [7, 11) is -4.20. The Balaban J connectivity index is 1.42. The van der Waals surface area contributed by atoms with Gasteiger partial charge in [0.1, 0.15) is 17.1 Å². The van der Waals surface area contributed by atoms with Crippen LogP contribution in [0.1, 0.15) is 4.88 Å². The molecule has 0 saturated carbocycles. The summed E-state index contributed by atoms with van der Waals surface area (Å²) >= 11 is 3.86. The number of nitrogens with one attached hydrogen (secondary N) is 1. The molecule has 1 unspecified atom stereocenters. The van der Waals surface area contributed by atoms with E-state index in [0.717, 1.165) is 16.6 Å². The van der Waals surface area contributed by atoms with Gasteiger partial charge in [0, 0.05) is 16.4 Å². The average molecular weight is 547 g/mol. The third-order valence-electron chi connectivity index (χ3n) is 4.92. The highest BCUT2D eigenvalue weighted by Crippen LogP contribution is 2.41. The minimum absolute atomic E-state index is 0.137. The van der Waals surface area contributed by atoms with Gasteiger partial charge in [-0.2, -0.15) is 8.42 Å². The molecule has 0 spiro atoms. The summed E-state index contributed by atoms with van der Waals surface area (Å²) in [4.78, 5) is 39.1. The number of carbonyl (C=O) groups excluding carboxylic acids is 2. The molecule has 2 aliphatic rings. The largest absolute Gasteiger partial charge is 0.477 e. The van der Waals surface area contributed by atoms with E-state index in [2.05, 4.69) is 20.8 Å². The molecule has 2 aromatic rings. The minimum Gasteiger partial charge on any atom is -0.477 e. The Morgan fingerprint density at radius 2 is 2.15 bits per heavy atom. The monoisotopic (exact) mass is 546 g/mol. The van der Waals surface area contributed by atoms with Crippen molar-refractivity contribution in [3.8, 4) is 0 Å². The zero-order chi connectivity index (χ0) is 24.5. The van der Waals surface area contributed by atoms with Crippen molar-refractivity contribution in [2.24, 2.45) is 0 Å². The highest BCUT2D eigenvalue weighted by molar-refractivity contribution is 8.01. The van der Waals surface area contributed by atoms with Crippen molar-refractivity contribution in [1.29, 1.82) is 0 Å². The molecule has 2 atom stereocenters. The van der Waals surface area contributed by atoms with E-state index in [1.807, 2.05) is 17.5 Å². The number of aryl methyl sites for hydroxylation is 1. The predicted octanol–water partition coefficient (Wildman–Crippen LogP) is -0.304. The Bertz CT molecular complexity index is 1240. The summed E-state index contributed by atoms with van der Waals surface area (Å²) < 4.78 is 32.0. The molecule has 2 aliphatic heterocycles. The molecule has 1 fully saturated rings. The number of carboxylic acid groups (broad SMARTS) is 1. The lowest BCUT2D eigenvalue weighted by molar-refractivity contribution is -0.150. The zero-order valence-electron chi connectivity index (χ0n) is 17.2. The summed E-state index contributed by atoms with van der Waals surface area (Å²) in [6.07, 6.45) is 0.147. The molecule has 0 radical (unpaired) electrons. The van der Waals surface area contributed by atoms with Gasteiger partial charge < -0.3 is 10.4 Å². The van der Waals surface area contributed by atoms with Crippen molar-refractivity contribution in [2.45, 2.75) is 29.5 Å². The first-order chi connectivity index (χ1) is 16.1. The number of amides is 2. The standard InChI is InChI=1S/C17H18N6O7S4/c24-11(6-10-2-1-4-31-10)18-12-14(25)23-13(16(26)27)9(7-32-15(12)23)8-33-17-19-20-21-22(17)3-5-34(28,29)30/h1-2,4,12,15H,3,5-8H2,(H,18,24)(H,26,27)(H,28,29,30)/t12?,15-/m1/s1. The van der Waals surface area contributed by atoms with Crippen LogP contribution in [0.15, 0.2) is 33.9 Å². The highest BCUT2D eigenvalue weighted by atomic mass is 32.2.